The molecule has 0 aliphatic rings. The van der Waals surface area contributed by atoms with Crippen LogP contribution in [0.25, 0.3) is 0 Å². The maximum atomic E-state index is 12.7. The molecule has 61 heavy (non-hydrogen) atoms. The van der Waals surface area contributed by atoms with E-state index in [-0.39, 0.29) is 25.8 Å². The fourth-order valence-electron chi connectivity index (χ4n) is 6.49. The zero-order valence-electron chi connectivity index (χ0n) is 40.1. The summed E-state index contributed by atoms with van der Waals surface area (Å²) in [6.07, 6.45) is 57.8. The van der Waals surface area contributed by atoms with Gasteiger partial charge in [0.1, 0.15) is 19.3 Å². The van der Waals surface area contributed by atoms with E-state index in [9.17, 15) is 14.3 Å². The van der Waals surface area contributed by atoms with Crippen LogP contribution in [0.15, 0.2) is 72.9 Å². The summed E-state index contributed by atoms with van der Waals surface area (Å²) >= 11 is 0. The molecule has 0 aliphatic heterocycles. The van der Waals surface area contributed by atoms with Crippen LogP contribution in [0.2, 0.25) is 0 Å². The first kappa shape index (κ1) is 58.9. The standard InChI is InChI=1S/C52H94NO7P/c1-6-8-10-12-14-16-18-20-21-22-23-24-25-26-27-28-29-30-31-32-34-36-38-40-42-44-47-57-49-51(50-59-61(55,56)58-48-46-53(3,4)5)60-52(54)45-43-41-39-37-35-33-19-17-15-13-11-9-7-2/h8,10,14,16,20-21,23-24,26-27,29-30,51H,6-7,9,11-13,15,17-19,22,25,28,31-50H2,1-5H3/b10-8-,16-14-,21-20-,24-23-,27-26-,30-29-. The molecule has 9 heteroatoms. The van der Waals surface area contributed by atoms with E-state index in [0.29, 0.717) is 24.1 Å². The number of likely N-dealkylation sites (N-methyl/N-ethyl adjacent to an activating group) is 1. The van der Waals surface area contributed by atoms with E-state index in [4.69, 9.17) is 18.5 Å². The number of allylic oxidation sites excluding steroid dienone is 12. The van der Waals surface area contributed by atoms with E-state index in [1.165, 1.54) is 89.9 Å². The average Bonchev–Trinajstić information content (AvgIpc) is 3.22. The van der Waals surface area contributed by atoms with Crippen LogP contribution in [0, 0.1) is 0 Å². The maximum Gasteiger partial charge on any atom is 0.306 e. The lowest BCUT2D eigenvalue weighted by atomic mass is 10.0. The van der Waals surface area contributed by atoms with Gasteiger partial charge in [0, 0.05) is 13.0 Å². The number of carbonyl (C=O) groups excluding carboxylic acids is 1. The van der Waals surface area contributed by atoms with Crippen LogP contribution < -0.4 is 4.89 Å². The van der Waals surface area contributed by atoms with Gasteiger partial charge < -0.3 is 27.9 Å². The number of hydrogen-bond donors (Lipinski definition) is 0. The molecule has 0 fully saturated rings. The minimum atomic E-state index is -4.53. The van der Waals surface area contributed by atoms with Gasteiger partial charge in [-0.3, -0.25) is 9.36 Å². The van der Waals surface area contributed by atoms with Crippen LogP contribution in [0.3, 0.4) is 0 Å². The van der Waals surface area contributed by atoms with Crippen molar-refractivity contribution in [3.8, 4) is 0 Å². The third-order valence-electron chi connectivity index (χ3n) is 10.3. The minimum Gasteiger partial charge on any atom is -0.756 e. The fourth-order valence-corrected chi connectivity index (χ4v) is 7.22. The van der Waals surface area contributed by atoms with Gasteiger partial charge in [-0.2, -0.15) is 0 Å². The molecule has 0 spiro atoms. The number of ether oxygens (including phenoxy) is 2. The smallest absolute Gasteiger partial charge is 0.306 e. The van der Waals surface area contributed by atoms with Gasteiger partial charge in [0.25, 0.3) is 7.82 Å². The number of quaternary nitrogens is 1. The molecule has 0 aromatic heterocycles. The predicted octanol–water partition coefficient (Wildman–Crippen LogP) is 14.4. The Morgan fingerprint density at radius 3 is 1.43 bits per heavy atom. The van der Waals surface area contributed by atoms with Crippen molar-refractivity contribution >= 4 is 13.8 Å². The number of rotatable bonds is 45. The Labute approximate surface area is 376 Å². The molecule has 8 nitrogen and oxygen atoms in total. The molecular formula is C52H94NO7P. The van der Waals surface area contributed by atoms with E-state index in [1.54, 1.807) is 0 Å². The number of unbranched alkanes of at least 4 members (excludes halogenated alkanes) is 19. The molecule has 2 unspecified atom stereocenters. The maximum absolute atomic E-state index is 12.7. The number of phosphoric ester groups is 1. The van der Waals surface area contributed by atoms with Crippen molar-refractivity contribution in [3.05, 3.63) is 72.9 Å². The normalized spacial score (nSPS) is 14.3. The number of carbonyl (C=O) groups is 1. The first-order chi connectivity index (χ1) is 29.6. The molecule has 0 N–H and O–H groups in total. The summed E-state index contributed by atoms with van der Waals surface area (Å²) in [5, 5.41) is 0. The zero-order valence-corrected chi connectivity index (χ0v) is 41.0. The average molecular weight is 876 g/mol. The minimum absolute atomic E-state index is 0.0216. The molecule has 0 amide bonds. The summed E-state index contributed by atoms with van der Waals surface area (Å²) in [4.78, 5) is 25.1. The predicted molar refractivity (Wildman–Crippen MR) is 259 cm³/mol. The second-order valence-corrected chi connectivity index (χ2v) is 18.9. The number of hydrogen-bond acceptors (Lipinski definition) is 7. The highest BCUT2D eigenvalue weighted by Crippen LogP contribution is 2.38. The number of esters is 1. The van der Waals surface area contributed by atoms with E-state index < -0.39 is 13.9 Å². The molecule has 0 bridgehead atoms. The lowest BCUT2D eigenvalue weighted by molar-refractivity contribution is -0.870. The Hall–Kier alpha value is -2.06. The highest BCUT2D eigenvalue weighted by atomic mass is 31.2. The van der Waals surface area contributed by atoms with Crippen molar-refractivity contribution in [2.45, 2.75) is 200 Å². The monoisotopic (exact) mass is 876 g/mol. The van der Waals surface area contributed by atoms with Gasteiger partial charge in [0.15, 0.2) is 0 Å². The van der Waals surface area contributed by atoms with Crippen molar-refractivity contribution in [2.75, 3.05) is 54.1 Å². The molecule has 0 aromatic rings. The second-order valence-electron chi connectivity index (χ2n) is 17.4. The Morgan fingerprint density at radius 2 is 0.951 bits per heavy atom. The molecule has 0 saturated carbocycles. The molecule has 0 aromatic carbocycles. The van der Waals surface area contributed by atoms with Gasteiger partial charge in [0.2, 0.25) is 0 Å². The summed E-state index contributed by atoms with van der Waals surface area (Å²) in [6.45, 7) is 5.27. The zero-order chi connectivity index (χ0) is 44.8. The van der Waals surface area contributed by atoms with E-state index in [2.05, 4.69) is 86.8 Å². The SMILES string of the molecule is CC/C=C\C/C=C\C/C=C\C/C=C\C/C=C\C/C=C\CCCCCCCCCOCC(COP(=O)([O-])OCC[N+](C)(C)C)OC(=O)CCCCCCCCCCCCCCC. The summed E-state index contributed by atoms with van der Waals surface area (Å²) < 4.78 is 34.7. The first-order valence-corrected chi connectivity index (χ1v) is 26.1. The third-order valence-corrected chi connectivity index (χ3v) is 11.2. The van der Waals surface area contributed by atoms with Crippen LogP contribution in [0.1, 0.15) is 194 Å². The van der Waals surface area contributed by atoms with Crippen molar-refractivity contribution in [1.29, 1.82) is 0 Å². The lowest BCUT2D eigenvalue weighted by Gasteiger charge is -2.28. The lowest BCUT2D eigenvalue weighted by Crippen LogP contribution is -2.37. The summed E-state index contributed by atoms with van der Waals surface area (Å²) in [5.41, 5.74) is 0. The van der Waals surface area contributed by atoms with Gasteiger partial charge in [-0.15, -0.1) is 0 Å². The largest absolute Gasteiger partial charge is 0.756 e. The van der Waals surface area contributed by atoms with Crippen molar-refractivity contribution in [3.63, 3.8) is 0 Å². The Morgan fingerprint density at radius 1 is 0.525 bits per heavy atom. The summed E-state index contributed by atoms with van der Waals surface area (Å²) in [5.74, 6) is -0.340. The van der Waals surface area contributed by atoms with Gasteiger partial charge >= 0.3 is 5.97 Å². The van der Waals surface area contributed by atoms with Crippen LogP contribution in [-0.2, 0) is 27.9 Å². The molecule has 0 heterocycles. The van der Waals surface area contributed by atoms with E-state index in [1.807, 2.05) is 21.1 Å². The highest BCUT2D eigenvalue weighted by molar-refractivity contribution is 7.45. The fraction of sp³-hybridized carbons (Fsp3) is 0.750. The Balaban J connectivity index is 4.15. The highest BCUT2D eigenvalue weighted by Gasteiger charge is 2.20. The summed E-state index contributed by atoms with van der Waals surface area (Å²) in [7, 11) is 1.34. The second kappa shape index (κ2) is 44.5. The van der Waals surface area contributed by atoms with Crippen molar-refractivity contribution in [1.82, 2.24) is 0 Å². The molecule has 354 valence electrons. The molecule has 0 rings (SSSR count). The molecular weight excluding hydrogens is 782 g/mol. The number of nitrogens with zero attached hydrogens (tertiary/aromatic N) is 1. The van der Waals surface area contributed by atoms with Gasteiger partial charge in [-0.25, -0.2) is 0 Å². The van der Waals surface area contributed by atoms with Gasteiger partial charge in [-0.05, 0) is 64.2 Å². The molecule has 2 atom stereocenters. The third kappa shape index (κ3) is 48.8. The van der Waals surface area contributed by atoms with Crippen molar-refractivity contribution < 1.29 is 37.3 Å². The summed E-state index contributed by atoms with van der Waals surface area (Å²) in [6, 6.07) is 0. The quantitative estimate of drug-likeness (QED) is 0.0198. The van der Waals surface area contributed by atoms with Crippen LogP contribution in [0.5, 0.6) is 0 Å². The van der Waals surface area contributed by atoms with Crippen LogP contribution in [0.4, 0.5) is 0 Å². The van der Waals surface area contributed by atoms with Crippen molar-refractivity contribution in [2.24, 2.45) is 0 Å². The van der Waals surface area contributed by atoms with Crippen LogP contribution >= 0.6 is 7.82 Å². The Kier molecular flexibility index (Phi) is 43.0. The first-order valence-electron chi connectivity index (χ1n) is 24.7. The molecule has 0 aliphatic carbocycles. The van der Waals surface area contributed by atoms with Crippen LogP contribution in [-0.4, -0.2) is 70.7 Å². The molecule has 0 radical (unpaired) electrons. The van der Waals surface area contributed by atoms with E-state index in [0.717, 1.165) is 83.5 Å². The molecule has 0 saturated heterocycles. The van der Waals surface area contributed by atoms with E-state index >= 15 is 0 Å². The Bertz CT molecular complexity index is 1200. The number of phosphoric acid groups is 1. The van der Waals surface area contributed by atoms with Gasteiger partial charge in [0.05, 0.1) is 34.4 Å². The topological polar surface area (TPSA) is 94.1 Å². The van der Waals surface area contributed by atoms with Gasteiger partial charge in [-0.1, -0.05) is 196 Å².